The summed E-state index contributed by atoms with van der Waals surface area (Å²) in [4.78, 5) is 9.14. The van der Waals surface area contributed by atoms with E-state index in [1.807, 2.05) is 6.92 Å². The van der Waals surface area contributed by atoms with Crippen LogP contribution in [0.25, 0.3) is 0 Å². The van der Waals surface area contributed by atoms with E-state index in [4.69, 9.17) is 15.3 Å². The molecule has 19 heavy (non-hydrogen) atoms. The molecular weight excluding hydrogens is 244 g/mol. The van der Waals surface area contributed by atoms with Crippen LogP contribution in [0.5, 0.6) is 0 Å². The Kier molecular flexibility index (Phi) is 5.07. The maximum atomic E-state index is 5.73. The summed E-state index contributed by atoms with van der Waals surface area (Å²) < 4.78 is 11.2. The van der Waals surface area contributed by atoms with Crippen LogP contribution in [-0.2, 0) is 22.5 Å². The van der Waals surface area contributed by atoms with Gasteiger partial charge in [0.05, 0.1) is 18.9 Å². The first kappa shape index (κ1) is 14.2. The molecule has 0 amide bonds. The molecule has 0 saturated carbocycles. The highest BCUT2D eigenvalue weighted by atomic mass is 16.5. The monoisotopic (exact) mass is 266 g/mol. The molecule has 1 aromatic heterocycles. The van der Waals surface area contributed by atoms with E-state index in [-0.39, 0.29) is 6.10 Å². The van der Waals surface area contributed by atoms with Crippen molar-refractivity contribution in [1.29, 1.82) is 0 Å². The average molecular weight is 266 g/mol. The Morgan fingerprint density at radius 2 is 2.26 bits per heavy atom. The summed E-state index contributed by atoms with van der Waals surface area (Å²) in [5.74, 6) is 6.93. The zero-order valence-corrected chi connectivity index (χ0v) is 11.6. The summed E-state index contributed by atoms with van der Waals surface area (Å²) in [6, 6.07) is 0. The molecule has 0 bridgehead atoms. The number of nitrogens with zero attached hydrogens (tertiary/aromatic N) is 2. The molecule has 6 heteroatoms. The lowest BCUT2D eigenvalue weighted by Crippen LogP contribution is -2.22. The highest BCUT2D eigenvalue weighted by molar-refractivity contribution is 5.46. The second-order valence-corrected chi connectivity index (χ2v) is 4.54. The van der Waals surface area contributed by atoms with Crippen LogP contribution in [0.4, 0.5) is 5.82 Å². The molecule has 0 aliphatic carbocycles. The summed E-state index contributed by atoms with van der Waals surface area (Å²) in [7, 11) is 0. The van der Waals surface area contributed by atoms with Crippen molar-refractivity contribution >= 4 is 5.82 Å². The molecule has 1 atom stereocenters. The molecule has 0 radical (unpaired) electrons. The number of nitrogens with one attached hydrogen (secondary N) is 1. The molecule has 0 aromatic carbocycles. The largest absolute Gasteiger partial charge is 0.376 e. The van der Waals surface area contributed by atoms with Crippen molar-refractivity contribution in [3.63, 3.8) is 0 Å². The Balaban J connectivity index is 2.34. The van der Waals surface area contributed by atoms with Crippen molar-refractivity contribution in [3.8, 4) is 0 Å². The van der Waals surface area contributed by atoms with Crippen LogP contribution in [0, 0.1) is 0 Å². The summed E-state index contributed by atoms with van der Waals surface area (Å²) in [6.45, 7) is 5.97. The normalized spacial score (nSPS) is 15.9. The lowest BCUT2D eigenvalue weighted by molar-refractivity contribution is 0.0485. The summed E-state index contributed by atoms with van der Waals surface area (Å²) in [5, 5.41) is 0. The average Bonchev–Trinajstić information content (AvgIpc) is 2.46. The van der Waals surface area contributed by atoms with E-state index < -0.39 is 0 Å². The van der Waals surface area contributed by atoms with E-state index >= 15 is 0 Å². The number of rotatable bonds is 6. The van der Waals surface area contributed by atoms with Crippen molar-refractivity contribution in [1.82, 2.24) is 9.97 Å². The topological polar surface area (TPSA) is 82.3 Å². The molecule has 1 aliphatic heterocycles. The SMILES string of the molecule is CCCC(OCC)c1nc2c(c(NN)n1)COCC2. The van der Waals surface area contributed by atoms with Crippen LogP contribution >= 0.6 is 0 Å². The third-order valence-electron chi connectivity index (χ3n) is 3.18. The maximum absolute atomic E-state index is 5.73. The van der Waals surface area contributed by atoms with Gasteiger partial charge in [-0.3, -0.25) is 0 Å². The van der Waals surface area contributed by atoms with Gasteiger partial charge in [-0.2, -0.15) is 0 Å². The fourth-order valence-corrected chi connectivity index (χ4v) is 2.26. The first-order chi connectivity index (χ1) is 9.30. The van der Waals surface area contributed by atoms with Crippen LogP contribution in [0.15, 0.2) is 0 Å². The van der Waals surface area contributed by atoms with Crippen molar-refractivity contribution in [3.05, 3.63) is 17.1 Å². The summed E-state index contributed by atoms with van der Waals surface area (Å²) >= 11 is 0. The molecular formula is C13H22N4O2. The smallest absolute Gasteiger partial charge is 0.159 e. The molecule has 2 rings (SSSR count). The number of fused-ring (bicyclic) bond motifs is 1. The van der Waals surface area contributed by atoms with E-state index in [9.17, 15) is 0 Å². The van der Waals surface area contributed by atoms with Crippen LogP contribution in [-0.4, -0.2) is 23.2 Å². The molecule has 2 heterocycles. The minimum absolute atomic E-state index is 0.0600. The van der Waals surface area contributed by atoms with E-state index in [2.05, 4.69) is 22.3 Å². The van der Waals surface area contributed by atoms with Crippen molar-refractivity contribution in [2.24, 2.45) is 5.84 Å². The van der Waals surface area contributed by atoms with Gasteiger partial charge in [-0.25, -0.2) is 15.8 Å². The zero-order chi connectivity index (χ0) is 13.7. The van der Waals surface area contributed by atoms with E-state index in [0.717, 1.165) is 36.3 Å². The van der Waals surface area contributed by atoms with Gasteiger partial charge in [-0.1, -0.05) is 13.3 Å². The molecule has 0 saturated heterocycles. The fraction of sp³-hybridized carbons (Fsp3) is 0.692. The molecule has 1 aromatic rings. The Morgan fingerprint density at radius 3 is 2.95 bits per heavy atom. The van der Waals surface area contributed by atoms with Gasteiger partial charge >= 0.3 is 0 Å². The van der Waals surface area contributed by atoms with E-state index in [1.54, 1.807) is 0 Å². The number of hydrogen-bond donors (Lipinski definition) is 2. The predicted octanol–water partition coefficient (Wildman–Crippen LogP) is 1.71. The molecule has 1 unspecified atom stereocenters. The third-order valence-corrected chi connectivity index (χ3v) is 3.18. The number of ether oxygens (including phenoxy) is 2. The van der Waals surface area contributed by atoms with Gasteiger partial charge in [0.15, 0.2) is 5.82 Å². The number of hydrogen-bond acceptors (Lipinski definition) is 6. The Bertz CT molecular complexity index is 402. The number of hydrazine groups is 1. The Labute approximate surface area is 113 Å². The zero-order valence-electron chi connectivity index (χ0n) is 11.6. The summed E-state index contributed by atoms with van der Waals surface area (Å²) in [5.41, 5.74) is 4.63. The van der Waals surface area contributed by atoms with Crippen molar-refractivity contribution < 1.29 is 9.47 Å². The second kappa shape index (κ2) is 6.79. The van der Waals surface area contributed by atoms with Gasteiger partial charge in [-0.15, -0.1) is 0 Å². The predicted molar refractivity (Wildman–Crippen MR) is 72.5 cm³/mol. The van der Waals surface area contributed by atoms with Gasteiger partial charge in [-0.05, 0) is 13.3 Å². The molecule has 106 valence electrons. The van der Waals surface area contributed by atoms with Crippen molar-refractivity contribution in [2.45, 2.75) is 45.8 Å². The molecule has 0 spiro atoms. The fourth-order valence-electron chi connectivity index (χ4n) is 2.26. The van der Waals surface area contributed by atoms with E-state index in [1.165, 1.54) is 0 Å². The minimum atomic E-state index is -0.0600. The van der Waals surface area contributed by atoms with Crippen LogP contribution < -0.4 is 11.3 Å². The molecule has 0 fully saturated rings. The van der Waals surface area contributed by atoms with E-state index in [0.29, 0.717) is 25.6 Å². The third kappa shape index (κ3) is 3.20. The number of aromatic nitrogens is 2. The van der Waals surface area contributed by atoms with Gasteiger partial charge in [0.25, 0.3) is 0 Å². The minimum Gasteiger partial charge on any atom is -0.376 e. The molecule has 1 aliphatic rings. The lowest BCUT2D eigenvalue weighted by Gasteiger charge is -2.22. The number of anilines is 1. The Hall–Kier alpha value is -1.24. The second-order valence-electron chi connectivity index (χ2n) is 4.54. The highest BCUT2D eigenvalue weighted by Gasteiger charge is 2.21. The van der Waals surface area contributed by atoms with Crippen LogP contribution in [0.2, 0.25) is 0 Å². The molecule has 3 N–H and O–H groups in total. The first-order valence-electron chi connectivity index (χ1n) is 6.85. The quantitative estimate of drug-likeness (QED) is 0.602. The van der Waals surface area contributed by atoms with Gasteiger partial charge in [0, 0.05) is 18.6 Å². The number of nitrogen functional groups attached to an aromatic ring is 1. The highest BCUT2D eigenvalue weighted by Crippen LogP contribution is 2.26. The van der Waals surface area contributed by atoms with Crippen LogP contribution in [0.1, 0.15) is 49.9 Å². The Morgan fingerprint density at radius 1 is 1.42 bits per heavy atom. The summed E-state index contributed by atoms with van der Waals surface area (Å²) in [6.07, 6.45) is 2.67. The maximum Gasteiger partial charge on any atom is 0.159 e. The first-order valence-corrected chi connectivity index (χ1v) is 6.85. The van der Waals surface area contributed by atoms with Gasteiger partial charge < -0.3 is 14.9 Å². The number of nitrogens with two attached hydrogens (primary N) is 1. The molecule has 6 nitrogen and oxygen atoms in total. The van der Waals surface area contributed by atoms with Gasteiger partial charge in [0.1, 0.15) is 11.9 Å². The van der Waals surface area contributed by atoms with Crippen molar-refractivity contribution in [2.75, 3.05) is 18.6 Å². The van der Waals surface area contributed by atoms with Gasteiger partial charge in [0.2, 0.25) is 0 Å². The lowest BCUT2D eigenvalue weighted by atomic mass is 10.1. The standard InChI is InChI=1S/C13H22N4O2/c1-3-5-11(19-4-2)13-15-10-6-7-18-8-9(10)12(16-13)17-14/h11H,3-8,14H2,1-2H3,(H,15,16,17). The van der Waals surface area contributed by atoms with Crippen LogP contribution in [0.3, 0.4) is 0 Å².